The van der Waals surface area contributed by atoms with Crippen molar-refractivity contribution in [3.63, 3.8) is 0 Å². The minimum atomic E-state index is -0.691. The van der Waals surface area contributed by atoms with Crippen molar-refractivity contribution in [2.75, 3.05) is 48.8 Å². The van der Waals surface area contributed by atoms with Crippen LogP contribution in [0.4, 0.5) is 36.2 Å². The number of fused-ring (bicyclic) bond motifs is 1. The molecule has 3 aromatic rings. The van der Waals surface area contributed by atoms with Gasteiger partial charge in [-0.1, -0.05) is 0 Å². The Bertz CT molecular complexity index is 1340. The Balaban J connectivity index is 1.38. The summed E-state index contributed by atoms with van der Waals surface area (Å²) in [4.78, 5) is 14.6. The molecule has 1 saturated heterocycles. The fourth-order valence-electron chi connectivity index (χ4n) is 5.37. The monoisotopic (exact) mass is 540 g/mol. The fourth-order valence-corrected chi connectivity index (χ4v) is 5.37. The molecule has 5 rings (SSSR count). The predicted octanol–water partition coefficient (Wildman–Crippen LogP) is 5.83. The Kier molecular flexibility index (Phi) is 7.57. The third-order valence-corrected chi connectivity index (χ3v) is 7.49. The molecule has 0 amide bonds. The summed E-state index contributed by atoms with van der Waals surface area (Å²) >= 11 is 0. The van der Waals surface area contributed by atoms with E-state index in [4.69, 9.17) is 4.74 Å². The number of nitrogens with zero attached hydrogens (tertiary/aromatic N) is 5. The molecule has 39 heavy (non-hydrogen) atoms. The Morgan fingerprint density at radius 1 is 1.00 bits per heavy atom. The first kappa shape index (κ1) is 27.1. The van der Waals surface area contributed by atoms with Crippen molar-refractivity contribution in [3.8, 4) is 17.0 Å². The van der Waals surface area contributed by atoms with E-state index in [1.807, 2.05) is 25.7 Å². The molecule has 2 aliphatic rings. The van der Waals surface area contributed by atoms with Gasteiger partial charge in [0.05, 0.1) is 24.1 Å². The Labute approximate surface area is 227 Å². The zero-order chi connectivity index (χ0) is 27.8. The lowest BCUT2D eigenvalue weighted by atomic mass is 10.0. The highest BCUT2D eigenvalue weighted by Crippen LogP contribution is 2.40. The summed E-state index contributed by atoms with van der Waals surface area (Å²) in [5, 5.41) is 2.96. The van der Waals surface area contributed by atoms with Crippen molar-refractivity contribution in [1.29, 1.82) is 0 Å². The second-order valence-electron chi connectivity index (χ2n) is 10.8. The van der Waals surface area contributed by atoms with Gasteiger partial charge in [0.1, 0.15) is 17.6 Å². The molecule has 0 radical (unpaired) electrons. The second-order valence-corrected chi connectivity index (χ2v) is 10.8. The summed E-state index contributed by atoms with van der Waals surface area (Å²) < 4.78 is 50.8. The molecular formula is C29H35F3N6O. The minimum Gasteiger partial charge on any atom is -0.484 e. The second kappa shape index (κ2) is 10.9. The number of aromatic nitrogens is 2. The van der Waals surface area contributed by atoms with E-state index in [-0.39, 0.29) is 40.9 Å². The first-order valence-corrected chi connectivity index (χ1v) is 13.4. The van der Waals surface area contributed by atoms with Gasteiger partial charge in [0.15, 0.2) is 17.4 Å². The molecule has 1 fully saturated rings. The molecule has 0 saturated carbocycles. The Morgan fingerprint density at radius 2 is 1.74 bits per heavy atom. The first-order valence-electron chi connectivity index (χ1n) is 13.4. The third-order valence-electron chi connectivity index (χ3n) is 7.49. The van der Waals surface area contributed by atoms with Crippen LogP contribution in [0.15, 0.2) is 36.5 Å². The molecule has 1 unspecified atom stereocenters. The van der Waals surface area contributed by atoms with Crippen molar-refractivity contribution in [3.05, 3.63) is 54.0 Å². The molecule has 3 heterocycles. The number of hydrogen-bond acceptors (Lipinski definition) is 7. The van der Waals surface area contributed by atoms with Crippen LogP contribution < -0.4 is 19.9 Å². The lowest BCUT2D eigenvalue weighted by molar-refractivity contribution is 0.199. The van der Waals surface area contributed by atoms with Crippen molar-refractivity contribution in [2.45, 2.75) is 51.8 Å². The average Bonchev–Trinajstić information content (AvgIpc) is 2.90. The van der Waals surface area contributed by atoms with Crippen molar-refractivity contribution in [2.24, 2.45) is 0 Å². The molecule has 1 aromatic heterocycles. The Morgan fingerprint density at radius 3 is 2.41 bits per heavy atom. The summed E-state index contributed by atoms with van der Waals surface area (Å²) in [5.41, 5.74) is 1.74. The molecule has 2 aromatic carbocycles. The van der Waals surface area contributed by atoms with Crippen LogP contribution in [0.25, 0.3) is 11.3 Å². The number of nitrogens with one attached hydrogen (secondary N) is 1. The van der Waals surface area contributed by atoms with E-state index in [1.165, 1.54) is 12.1 Å². The summed E-state index contributed by atoms with van der Waals surface area (Å²) in [6.07, 6.45) is 2.80. The third kappa shape index (κ3) is 5.61. The lowest BCUT2D eigenvalue weighted by Crippen LogP contribution is -2.42. The predicted molar refractivity (Wildman–Crippen MR) is 149 cm³/mol. The highest BCUT2D eigenvalue weighted by molar-refractivity contribution is 5.73. The summed E-state index contributed by atoms with van der Waals surface area (Å²) in [5.74, 6) is -1.40. The maximum absolute atomic E-state index is 15.1. The maximum Gasteiger partial charge on any atom is 0.227 e. The summed E-state index contributed by atoms with van der Waals surface area (Å²) in [6.45, 7) is 8.06. The van der Waals surface area contributed by atoms with Gasteiger partial charge in [-0.3, -0.25) is 0 Å². The highest BCUT2D eigenvalue weighted by atomic mass is 19.1. The van der Waals surface area contributed by atoms with Gasteiger partial charge >= 0.3 is 0 Å². The minimum absolute atomic E-state index is 0.0580. The van der Waals surface area contributed by atoms with Crippen LogP contribution >= 0.6 is 0 Å². The average molecular weight is 541 g/mol. The van der Waals surface area contributed by atoms with E-state index in [0.29, 0.717) is 29.6 Å². The topological polar surface area (TPSA) is 56.8 Å². The maximum atomic E-state index is 15.1. The smallest absolute Gasteiger partial charge is 0.227 e. The molecule has 10 heteroatoms. The molecular weight excluding hydrogens is 505 g/mol. The first-order chi connectivity index (χ1) is 18.6. The SMILES string of the molecule is CC1CN(C(C)C)c2cc(-c3nc(Nc4ccc(N5CCC(N(C)C)CC5)c(F)c4)ncc3F)cc(F)c2O1. The van der Waals surface area contributed by atoms with Gasteiger partial charge < -0.3 is 24.8 Å². The van der Waals surface area contributed by atoms with E-state index < -0.39 is 11.6 Å². The number of piperidine rings is 1. The van der Waals surface area contributed by atoms with Gasteiger partial charge in [0.2, 0.25) is 5.95 Å². The van der Waals surface area contributed by atoms with E-state index in [0.717, 1.165) is 32.1 Å². The molecule has 0 bridgehead atoms. The summed E-state index contributed by atoms with van der Waals surface area (Å²) in [7, 11) is 4.14. The van der Waals surface area contributed by atoms with Crippen LogP contribution in [0.1, 0.15) is 33.6 Å². The van der Waals surface area contributed by atoms with E-state index in [2.05, 4.69) is 39.2 Å². The van der Waals surface area contributed by atoms with Crippen LogP contribution in [0.5, 0.6) is 5.75 Å². The van der Waals surface area contributed by atoms with Crippen molar-refractivity contribution in [1.82, 2.24) is 14.9 Å². The fraction of sp³-hybridized carbons (Fsp3) is 0.448. The normalized spacial score (nSPS) is 17.9. The Hall–Kier alpha value is -3.53. The van der Waals surface area contributed by atoms with Gasteiger partial charge in [-0.2, -0.15) is 0 Å². The number of rotatable bonds is 6. The zero-order valence-electron chi connectivity index (χ0n) is 23.0. The van der Waals surface area contributed by atoms with Crippen LogP contribution in [-0.4, -0.2) is 66.8 Å². The van der Waals surface area contributed by atoms with E-state index in [9.17, 15) is 4.39 Å². The lowest BCUT2D eigenvalue weighted by Gasteiger charge is -2.38. The summed E-state index contributed by atoms with van der Waals surface area (Å²) in [6, 6.07) is 8.37. The van der Waals surface area contributed by atoms with Gasteiger partial charge in [0.25, 0.3) is 0 Å². The van der Waals surface area contributed by atoms with Crippen molar-refractivity contribution >= 4 is 23.0 Å². The number of anilines is 4. The van der Waals surface area contributed by atoms with Gasteiger partial charge in [-0.05, 0) is 78.0 Å². The number of halogens is 3. The molecule has 1 N–H and O–H groups in total. The number of ether oxygens (including phenoxy) is 1. The van der Waals surface area contributed by atoms with Gasteiger partial charge in [-0.25, -0.2) is 23.1 Å². The van der Waals surface area contributed by atoms with Gasteiger partial charge in [-0.15, -0.1) is 0 Å². The number of hydrogen-bond donors (Lipinski definition) is 1. The van der Waals surface area contributed by atoms with Gasteiger partial charge in [0, 0.05) is 36.4 Å². The molecule has 0 aliphatic carbocycles. The quantitative estimate of drug-likeness (QED) is 0.422. The van der Waals surface area contributed by atoms with Crippen LogP contribution in [0, 0.1) is 17.5 Å². The van der Waals surface area contributed by atoms with Crippen molar-refractivity contribution < 1.29 is 17.9 Å². The standard InChI is InChI=1S/C29H35F3N6O/c1-17(2)38-16-18(3)39-28-23(31)12-19(13-26(28)38)27-24(32)15-33-29(35-27)34-20-6-7-25(22(30)14-20)37-10-8-21(9-11-37)36(4)5/h6-7,12-15,17-18,21H,8-11,16H2,1-5H3,(H,33,34,35). The van der Waals surface area contributed by atoms with Crippen LogP contribution in [0.2, 0.25) is 0 Å². The molecule has 2 aliphatic heterocycles. The van der Waals surface area contributed by atoms with Crippen LogP contribution in [-0.2, 0) is 0 Å². The molecule has 1 atom stereocenters. The van der Waals surface area contributed by atoms with E-state index in [1.54, 1.807) is 18.2 Å². The number of benzene rings is 2. The zero-order valence-corrected chi connectivity index (χ0v) is 23.0. The highest BCUT2D eigenvalue weighted by Gasteiger charge is 2.29. The van der Waals surface area contributed by atoms with Crippen LogP contribution in [0.3, 0.4) is 0 Å². The molecule has 0 spiro atoms. The largest absolute Gasteiger partial charge is 0.484 e. The molecule has 208 valence electrons. The molecule has 7 nitrogen and oxygen atoms in total. The van der Waals surface area contributed by atoms with E-state index >= 15 is 8.78 Å².